The Morgan fingerprint density at radius 3 is 2.36 bits per heavy atom. The van der Waals surface area contributed by atoms with Crippen LogP contribution in [0, 0.1) is 5.92 Å². The van der Waals surface area contributed by atoms with Crippen LogP contribution in [0.4, 0.5) is 4.79 Å². The van der Waals surface area contributed by atoms with Gasteiger partial charge in [-0.15, -0.1) is 0 Å². The summed E-state index contributed by atoms with van der Waals surface area (Å²) in [6.07, 6.45) is 0.979. The third-order valence-corrected chi connectivity index (χ3v) is 5.32. The van der Waals surface area contributed by atoms with Gasteiger partial charge >= 0.3 is 6.09 Å². The molecule has 3 atom stereocenters. The van der Waals surface area contributed by atoms with E-state index in [4.69, 9.17) is 9.47 Å². The molecule has 1 saturated carbocycles. The number of nitrogens with one attached hydrogen (secondary N) is 3. The fourth-order valence-corrected chi connectivity index (χ4v) is 3.36. The first-order chi connectivity index (χ1) is 15.8. The lowest BCUT2D eigenvalue weighted by Gasteiger charge is -2.27. The van der Waals surface area contributed by atoms with Crippen LogP contribution in [0.2, 0.25) is 0 Å². The van der Waals surface area contributed by atoms with Gasteiger partial charge in [-0.3, -0.25) is 9.59 Å². The quantitative estimate of drug-likeness (QED) is 0.310. The molecule has 9 nitrogen and oxygen atoms in total. The average Bonchev–Trinajstić information content (AvgIpc) is 3.60. The molecule has 184 valence electrons. The van der Waals surface area contributed by atoms with E-state index in [2.05, 4.69) is 16.0 Å². The summed E-state index contributed by atoms with van der Waals surface area (Å²) in [7, 11) is 1.50. The molecule has 1 aromatic rings. The Morgan fingerprint density at radius 2 is 1.76 bits per heavy atom. The standard InChI is InChI=1S/C24H37N3O6/c1-16(2)15-20(27-24(31)33-14-13-32-3)22(29)26-19(12-9-17-7-5-4-6-8-17)21(28)23(30)25-18-10-11-18/h4-8,16,18-21,28H,9-15H2,1-3H3,(H,25,30)(H,26,29)(H,27,31)/t19-,20-,21-/m0/s1. The van der Waals surface area contributed by atoms with E-state index in [0.29, 0.717) is 19.3 Å². The number of rotatable bonds is 14. The minimum atomic E-state index is -1.40. The molecule has 0 radical (unpaired) electrons. The van der Waals surface area contributed by atoms with Gasteiger partial charge in [0.25, 0.3) is 5.91 Å². The van der Waals surface area contributed by atoms with Crippen molar-refractivity contribution < 1.29 is 29.0 Å². The molecule has 1 aliphatic rings. The SMILES string of the molecule is COCCOC(=O)N[C@@H](CC(C)C)C(=O)N[C@@H](CCc1ccccc1)[C@H](O)C(=O)NC1CC1. The summed E-state index contributed by atoms with van der Waals surface area (Å²) in [6, 6.07) is 8.07. The van der Waals surface area contributed by atoms with Gasteiger partial charge in [0.05, 0.1) is 12.6 Å². The second kappa shape index (κ2) is 13.8. The molecule has 2 rings (SSSR count). The summed E-state index contributed by atoms with van der Waals surface area (Å²) in [5.41, 5.74) is 1.03. The van der Waals surface area contributed by atoms with Crippen LogP contribution >= 0.6 is 0 Å². The maximum Gasteiger partial charge on any atom is 0.407 e. The zero-order valence-corrected chi connectivity index (χ0v) is 19.7. The number of benzene rings is 1. The van der Waals surface area contributed by atoms with Gasteiger partial charge in [0, 0.05) is 13.2 Å². The van der Waals surface area contributed by atoms with Crippen LogP contribution in [0.25, 0.3) is 0 Å². The number of aliphatic hydroxyl groups excluding tert-OH is 1. The first-order valence-corrected chi connectivity index (χ1v) is 11.5. The van der Waals surface area contributed by atoms with Crippen molar-refractivity contribution in [3.63, 3.8) is 0 Å². The molecule has 0 aromatic heterocycles. The summed E-state index contributed by atoms with van der Waals surface area (Å²) in [6.45, 7) is 4.18. The molecular formula is C24H37N3O6. The van der Waals surface area contributed by atoms with Crippen molar-refractivity contribution >= 4 is 17.9 Å². The number of aryl methyl sites for hydroxylation is 1. The highest BCUT2D eigenvalue weighted by Gasteiger charge is 2.33. The molecule has 1 aromatic carbocycles. The van der Waals surface area contributed by atoms with Crippen LogP contribution in [-0.4, -0.2) is 67.6 Å². The molecule has 4 N–H and O–H groups in total. The molecule has 0 saturated heterocycles. The van der Waals surface area contributed by atoms with Crippen molar-refractivity contribution in [1.82, 2.24) is 16.0 Å². The Labute approximate surface area is 195 Å². The third-order valence-electron chi connectivity index (χ3n) is 5.32. The largest absolute Gasteiger partial charge is 0.447 e. The molecule has 33 heavy (non-hydrogen) atoms. The smallest absolute Gasteiger partial charge is 0.407 e. The van der Waals surface area contributed by atoms with Crippen molar-refractivity contribution in [1.29, 1.82) is 0 Å². The molecule has 9 heteroatoms. The molecule has 3 amide bonds. The van der Waals surface area contributed by atoms with E-state index < -0.39 is 36.1 Å². The maximum atomic E-state index is 13.1. The monoisotopic (exact) mass is 463 g/mol. The highest BCUT2D eigenvalue weighted by Crippen LogP contribution is 2.19. The highest BCUT2D eigenvalue weighted by atomic mass is 16.6. The van der Waals surface area contributed by atoms with Gasteiger partial charge in [0.2, 0.25) is 5.91 Å². The number of aliphatic hydroxyl groups is 1. The second-order valence-corrected chi connectivity index (χ2v) is 8.82. The van der Waals surface area contributed by atoms with E-state index in [9.17, 15) is 19.5 Å². The molecular weight excluding hydrogens is 426 g/mol. The van der Waals surface area contributed by atoms with Gasteiger partial charge in [-0.2, -0.15) is 0 Å². The Balaban J connectivity index is 2.05. The number of ether oxygens (including phenoxy) is 2. The first kappa shape index (κ1) is 26.6. The molecule has 0 bridgehead atoms. The van der Waals surface area contributed by atoms with E-state index in [-0.39, 0.29) is 25.2 Å². The van der Waals surface area contributed by atoms with Gasteiger partial charge in [0.1, 0.15) is 12.6 Å². The summed E-state index contributed by atoms with van der Waals surface area (Å²) >= 11 is 0. The van der Waals surface area contributed by atoms with E-state index in [1.165, 1.54) is 7.11 Å². The van der Waals surface area contributed by atoms with Gasteiger partial charge in [0.15, 0.2) is 6.10 Å². The minimum absolute atomic E-state index is 0.0676. The van der Waals surface area contributed by atoms with E-state index >= 15 is 0 Å². The van der Waals surface area contributed by atoms with Crippen LogP contribution in [0.5, 0.6) is 0 Å². The highest BCUT2D eigenvalue weighted by molar-refractivity contribution is 5.87. The topological polar surface area (TPSA) is 126 Å². The molecule has 0 heterocycles. The Kier molecular flexibility index (Phi) is 11.1. The van der Waals surface area contributed by atoms with Gasteiger partial charge in [-0.1, -0.05) is 44.2 Å². The van der Waals surface area contributed by atoms with Gasteiger partial charge in [-0.25, -0.2) is 4.79 Å². The summed E-state index contributed by atoms with van der Waals surface area (Å²) in [5.74, 6) is -0.849. The maximum absolute atomic E-state index is 13.1. The molecule has 0 aliphatic heterocycles. The zero-order chi connectivity index (χ0) is 24.2. The Bertz CT molecular complexity index is 754. The Morgan fingerprint density at radius 1 is 1.06 bits per heavy atom. The van der Waals surface area contributed by atoms with Crippen LogP contribution < -0.4 is 16.0 Å². The molecule has 1 fully saturated rings. The van der Waals surface area contributed by atoms with Gasteiger partial charge < -0.3 is 30.5 Å². The third kappa shape index (κ3) is 10.2. The molecule has 1 aliphatic carbocycles. The summed E-state index contributed by atoms with van der Waals surface area (Å²) < 4.78 is 9.88. The number of hydrogen-bond donors (Lipinski definition) is 4. The van der Waals surface area contributed by atoms with E-state index in [0.717, 1.165) is 18.4 Å². The lowest BCUT2D eigenvalue weighted by atomic mass is 9.98. The number of methoxy groups -OCH3 is 1. The number of carbonyl (C=O) groups is 3. The summed E-state index contributed by atoms with van der Waals surface area (Å²) in [5, 5.41) is 18.9. The average molecular weight is 464 g/mol. The fraction of sp³-hybridized carbons (Fsp3) is 0.625. The van der Waals surface area contributed by atoms with Crippen molar-refractivity contribution in [2.24, 2.45) is 5.92 Å². The van der Waals surface area contributed by atoms with Crippen LogP contribution in [0.1, 0.15) is 45.1 Å². The number of hydrogen-bond acceptors (Lipinski definition) is 6. The number of amides is 3. The molecule has 0 unspecified atom stereocenters. The molecule has 0 spiro atoms. The Hall–Kier alpha value is -2.65. The van der Waals surface area contributed by atoms with Gasteiger partial charge in [-0.05, 0) is 43.6 Å². The van der Waals surface area contributed by atoms with E-state index in [1.807, 2.05) is 44.2 Å². The van der Waals surface area contributed by atoms with Crippen LogP contribution in [-0.2, 0) is 25.5 Å². The predicted molar refractivity (Wildman–Crippen MR) is 123 cm³/mol. The summed E-state index contributed by atoms with van der Waals surface area (Å²) in [4.78, 5) is 37.7. The van der Waals surface area contributed by atoms with Crippen LogP contribution in [0.3, 0.4) is 0 Å². The second-order valence-electron chi connectivity index (χ2n) is 8.82. The van der Waals surface area contributed by atoms with Crippen molar-refractivity contribution in [2.75, 3.05) is 20.3 Å². The van der Waals surface area contributed by atoms with Crippen molar-refractivity contribution in [3.05, 3.63) is 35.9 Å². The normalized spacial score (nSPS) is 15.9. The first-order valence-electron chi connectivity index (χ1n) is 11.5. The zero-order valence-electron chi connectivity index (χ0n) is 19.7. The van der Waals surface area contributed by atoms with Crippen molar-refractivity contribution in [3.8, 4) is 0 Å². The number of alkyl carbamates (subject to hydrolysis) is 1. The van der Waals surface area contributed by atoms with Crippen LogP contribution in [0.15, 0.2) is 30.3 Å². The van der Waals surface area contributed by atoms with Crippen molar-refractivity contribution in [2.45, 2.75) is 70.2 Å². The lowest BCUT2D eigenvalue weighted by Crippen LogP contribution is -2.56. The predicted octanol–water partition coefficient (Wildman–Crippen LogP) is 1.53. The minimum Gasteiger partial charge on any atom is -0.447 e. The van der Waals surface area contributed by atoms with E-state index in [1.54, 1.807) is 0 Å². The lowest BCUT2D eigenvalue weighted by molar-refractivity contribution is -0.133. The fourth-order valence-electron chi connectivity index (χ4n) is 3.36. The number of carbonyl (C=O) groups excluding carboxylic acids is 3.